The van der Waals surface area contributed by atoms with E-state index >= 15 is 0 Å². The van der Waals surface area contributed by atoms with Crippen molar-refractivity contribution >= 4 is 0 Å². The zero-order valence-corrected chi connectivity index (χ0v) is 10.4. The molecule has 0 amide bonds. The molecule has 2 aliphatic rings. The second kappa shape index (κ2) is 5.03. The van der Waals surface area contributed by atoms with E-state index in [0.29, 0.717) is 12.5 Å². The third-order valence-electron chi connectivity index (χ3n) is 4.19. The number of aliphatic hydroxyl groups is 1. The van der Waals surface area contributed by atoms with Crippen LogP contribution in [0.4, 0.5) is 0 Å². The third kappa shape index (κ3) is 2.41. The van der Waals surface area contributed by atoms with Crippen LogP contribution in [-0.4, -0.2) is 36.1 Å². The van der Waals surface area contributed by atoms with Gasteiger partial charge in [0.1, 0.15) is 0 Å². The lowest BCUT2D eigenvalue weighted by molar-refractivity contribution is -0.168. The molecule has 3 atom stereocenters. The minimum absolute atomic E-state index is 0.0507. The van der Waals surface area contributed by atoms with Crippen molar-refractivity contribution in [2.24, 2.45) is 5.92 Å². The average molecular weight is 228 g/mol. The van der Waals surface area contributed by atoms with Gasteiger partial charge in [-0.3, -0.25) is 0 Å². The average Bonchev–Trinajstić information content (AvgIpc) is 2.26. The van der Waals surface area contributed by atoms with Gasteiger partial charge in [0.2, 0.25) is 0 Å². The van der Waals surface area contributed by atoms with Crippen molar-refractivity contribution in [3.05, 3.63) is 0 Å². The SMILES string of the molecule is CCOC(C)C(O)C1CCOC2(CCC2)C1. The summed E-state index contributed by atoms with van der Waals surface area (Å²) >= 11 is 0. The van der Waals surface area contributed by atoms with E-state index in [2.05, 4.69) is 0 Å². The molecule has 0 bridgehead atoms. The molecule has 0 aromatic carbocycles. The molecule has 0 aromatic heterocycles. The molecule has 1 heterocycles. The zero-order valence-electron chi connectivity index (χ0n) is 10.4. The molecule has 1 aliphatic heterocycles. The van der Waals surface area contributed by atoms with Gasteiger partial charge in [0, 0.05) is 13.2 Å². The first kappa shape index (κ1) is 12.3. The van der Waals surface area contributed by atoms with Crippen molar-refractivity contribution in [3.63, 3.8) is 0 Å². The topological polar surface area (TPSA) is 38.7 Å². The lowest BCUT2D eigenvalue weighted by Crippen LogP contribution is -2.49. The maximum absolute atomic E-state index is 10.2. The van der Waals surface area contributed by atoms with Gasteiger partial charge in [-0.15, -0.1) is 0 Å². The van der Waals surface area contributed by atoms with Crippen LogP contribution in [0.25, 0.3) is 0 Å². The molecule has 3 nitrogen and oxygen atoms in total. The predicted molar refractivity (Wildman–Crippen MR) is 62.4 cm³/mol. The third-order valence-corrected chi connectivity index (χ3v) is 4.19. The largest absolute Gasteiger partial charge is 0.390 e. The van der Waals surface area contributed by atoms with Crippen LogP contribution in [0.5, 0.6) is 0 Å². The first-order valence-corrected chi connectivity index (χ1v) is 6.60. The standard InChI is InChI=1S/C13H24O3/c1-3-15-10(2)12(14)11-5-8-16-13(9-11)6-4-7-13/h10-12,14H,3-9H2,1-2H3. The highest BCUT2D eigenvalue weighted by atomic mass is 16.5. The first-order valence-electron chi connectivity index (χ1n) is 6.60. The zero-order chi connectivity index (χ0) is 11.6. The van der Waals surface area contributed by atoms with Crippen LogP contribution < -0.4 is 0 Å². The molecule has 94 valence electrons. The first-order chi connectivity index (χ1) is 7.67. The number of hydrogen-bond acceptors (Lipinski definition) is 3. The van der Waals surface area contributed by atoms with E-state index in [0.717, 1.165) is 19.4 Å². The van der Waals surface area contributed by atoms with Crippen molar-refractivity contribution in [2.75, 3.05) is 13.2 Å². The van der Waals surface area contributed by atoms with Gasteiger partial charge in [0.25, 0.3) is 0 Å². The van der Waals surface area contributed by atoms with E-state index in [1.807, 2.05) is 13.8 Å². The molecule has 16 heavy (non-hydrogen) atoms. The van der Waals surface area contributed by atoms with Gasteiger partial charge in [-0.05, 0) is 51.9 Å². The quantitative estimate of drug-likeness (QED) is 0.801. The van der Waals surface area contributed by atoms with Crippen molar-refractivity contribution < 1.29 is 14.6 Å². The summed E-state index contributed by atoms with van der Waals surface area (Å²) in [6.45, 7) is 5.42. The van der Waals surface area contributed by atoms with E-state index in [1.54, 1.807) is 0 Å². The summed E-state index contributed by atoms with van der Waals surface area (Å²) < 4.78 is 11.4. The van der Waals surface area contributed by atoms with Crippen LogP contribution in [0.15, 0.2) is 0 Å². The van der Waals surface area contributed by atoms with E-state index in [1.165, 1.54) is 19.3 Å². The Morgan fingerprint density at radius 1 is 1.50 bits per heavy atom. The normalized spacial score (nSPS) is 32.1. The summed E-state index contributed by atoms with van der Waals surface area (Å²) in [4.78, 5) is 0. The Balaban J connectivity index is 1.88. The van der Waals surface area contributed by atoms with Crippen LogP contribution in [-0.2, 0) is 9.47 Å². The fourth-order valence-corrected chi connectivity index (χ4v) is 3.02. The van der Waals surface area contributed by atoms with Gasteiger partial charge in [0.05, 0.1) is 17.8 Å². The molecule has 1 saturated carbocycles. The summed E-state index contributed by atoms with van der Waals surface area (Å²) in [7, 11) is 0. The minimum atomic E-state index is -0.332. The molecule has 0 aromatic rings. The van der Waals surface area contributed by atoms with Crippen LogP contribution in [0, 0.1) is 5.92 Å². The maximum atomic E-state index is 10.2. The molecule has 1 saturated heterocycles. The Labute approximate surface area is 98.1 Å². The van der Waals surface area contributed by atoms with Crippen molar-refractivity contribution in [3.8, 4) is 0 Å². The second-order valence-electron chi connectivity index (χ2n) is 5.29. The molecule has 2 rings (SSSR count). The molecule has 2 fully saturated rings. The molecular weight excluding hydrogens is 204 g/mol. The monoisotopic (exact) mass is 228 g/mol. The predicted octanol–water partition coefficient (Wildman–Crippen LogP) is 2.12. The summed E-state index contributed by atoms with van der Waals surface area (Å²) in [6, 6.07) is 0. The second-order valence-corrected chi connectivity index (χ2v) is 5.29. The van der Waals surface area contributed by atoms with Crippen molar-refractivity contribution in [1.82, 2.24) is 0 Å². The Morgan fingerprint density at radius 2 is 2.25 bits per heavy atom. The number of hydrogen-bond donors (Lipinski definition) is 1. The summed E-state index contributed by atoms with van der Waals surface area (Å²) in [5, 5.41) is 10.2. The van der Waals surface area contributed by atoms with Gasteiger partial charge in [-0.1, -0.05) is 0 Å². The molecule has 1 aliphatic carbocycles. The summed E-state index contributed by atoms with van der Waals surface area (Å²) in [5.41, 5.74) is 0.121. The Hall–Kier alpha value is -0.120. The van der Waals surface area contributed by atoms with E-state index in [9.17, 15) is 5.11 Å². The molecule has 3 heteroatoms. The fourth-order valence-electron chi connectivity index (χ4n) is 3.02. The maximum Gasteiger partial charge on any atom is 0.0829 e. The van der Waals surface area contributed by atoms with Crippen LogP contribution in [0.1, 0.15) is 46.0 Å². The van der Waals surface area contributed by atoms with Gasteiger partial charge in [-0.25, -0.2) is 0 Å². The van der Waals surface area contributed by atoms with Crippen LogP contribution >= 0.6 is 0 Å². The van der Waals surface area contributed by atoms with E-state index in [-0.39, 0.29) is 17.8 Å². The van der Waals surface area contributed by atoms with Crippen LogP contribution in [0.3, 0.4) is 0 Å². The van der Waals surface area contributed by atoms with Crippen LogP contribution in [0.2, 0.25) is 0 Å². The summed E-state index contributed by atoms with van der Waals surface area (Å²) in [6.07, 6.45) is 5.25. The summed E-state index contributed by atoms with van der Waals surface area (Å²) in [5.74, 6) is 0.357. The molecular formula is C13H24O3. The van der Waals surface area contributed by atoms with Gasteiger partial charge >= 0.3 is 0 Å². The Bertz CT molecular complexity index is 225. The molecule has 1 spiro atoms. The van der Waals surface area contributed by atoms with E-state index < -0.39 is 0 Å². The number of rotatable bonds is 4. The molecule has 0 radical (unpaired) electrons. The Kier molecular flexibility index (Phi) is 3.88. The number of ether oxygens (including phenoxy) is 2. The van der Waals surface area contributed by atoms with Gasteiger partial charge < -0.3 is 14.6 Å². The molecule has 1 N–H and O–H groups in total. The Morgan fingerprint density at radius 3 is 2.81 bits per heavy atom. The number of aliphatic hydroxyl groups excluding tert-OH is 1. The minimum Gasteiger partial charge on any atom is -0.390 e. The lowest BCUT2D eigenvalue weighted by atomic mass is 9.70. The lowest BCUT2D eigenvalue weighted by Gasteiger charge is -2.48. The highest BCUT2D eigenvalue weighted by Crippen LogP contribution is 2.45. The molecule has 3 unspecified atom stereocenters. The highest BCUT2D eigenvalue weighted by molar-refractivity contribution is 4.96. The van der Waals surface area contributed by atoms with Gasteiger partial charge in [0.15, 0.2) is 0 Å². The fraction of sp³-hybridized carbons (Fsp3) is 1.00. The van der Waals surface area contributed by atoms with Crippen molar-refractivity contribution in [1.29, 1.82) is 0 Å². The van der Waals surface area contributed by atoms with Gasteiger partial charge in [-0.2, -0.15) is 0 Å². The van der Waals surface area contributed by atoms with Crippen molar-refractivity contribution in [2.45, 2.75) is 63.8 Å². The van der Waals surface area contributed by atoms with E-state index in [4.69, 9.17) is 9.47 Å². The highest BCUT2D eigenvalue weighted by Gasteiger charge is 2.44. The smallest absolute Gasteiger partial charge is 0.0829 e.